The molecule has 0 aromatic heterocycles. The van der Waals surface area contributed by atoms with Gasteiger partial charge in [-0.2, -0.15) is 0 Å². The molecular formula is C29H40B2BrN2O3. The molecule has 0 bridgehead atoms. The van der Waals surface area contributed by atoms with Crippen molar-refractivity contribution in [2.24, 2.45) is 0 Å². The van der Waals surface area contributed by atoms with Crippen LogP contribution in [-0.4, -0.2) is 43.3 Å². The highest BCUT2D eigenvalue weighted by molar-refractivity contribution is 9.08. The fraction of sp³-hybridized carbons (Fsp3) is 0.517. The number of carbonyl (C=O) groups is 2. The van der Waals surface area contributed by atoms with Gasteiger partial charge in [-0.1, -0.05) is 67.4 Å². The van der Waals surface area contributed by atoms with Crippen LogP contribution in [0.1, 0.15) is 99.2 Å². The van der Waals surface area contributed by atoms with Crippen molar-refractivity contribution in [2.75, 3.05) is 0 Å². The van der Waals surface area contributed by atoms with Crippen LogP contribution in [0.5, 0.6) is 0 Å². The lowest BCUT2D eigenvalue weighted by Gasteiger charge is -2.40. The van der Waals surface area contributed by atoms with Crippen LogP contribution >= 0.6 is 15.9 Å². The van der Waals surface area contributed by atoms with E-state index >= 15 is 0 Å². The fourth-order valence-electron chi connectivity index (χ4n) is 3.61. The van der Waals surface area contributed by atoms with Gasteiger partial charge in [0.1, 0.15) is 0 Å². The Bertz CT molecular complexity index is 1120. The molecule has 37 heavy (non-hydrogen) atoms. The Morgan fingerprint density at radius 1 is 1.05 bits per heavy atom. The second-order valence-electron chi connectivity index (χ2n) is 11.6. The molecule has 2 rings (SSSR count). The Kier molecular flexibility index (Phi) is 10.3. The molecule has 0 unspecified atom stereocenters. The second kappa shape index (κ2) is 12.2. The quantitative estimate of drug-likeness (QED) is 0.236. The first-order chi connectivity index (χ1) is 17.0. The van der Waals surface area contributed by atoms with E-state index in [0.29, 0.717) is 16.5 Å². The minimum Gasteiger partial charge on any atom is -0.430 e. The molecule has 2 aromatic rings. The maximum atomic E-state index is 13.7. The Hall–Kier alpha value is -2.05. The molecule has 0 aliphatic carbocycles. The first kappa shape index (κ1) is 31.2. The van der Waals surface area contributed by atoms with Crippen LogP contribution in [0.25, 0.3) is 0 Å². The summed E-state index contributed by atoms with van der Waals surface area (Å²) in [5.74, 6) is -0.616. The fourth-order valence-corrected chi connectivity index (χ4v) is 4.12. The maximum Gasteiger partial charge on any atom is 0.331 e. The predicted molar refractivity (Wildman–Crippen MR) is 158 cm³/mol. The summed E-state index contributed by atoms with van der Waals surface area (Å²) in [5, 5.41) is 1.42. The number of alkyl halides is 1. The molecule has 2 aromatic carbocycles. The van der Waals surface area contributed by atoms with Crippen LogP contribution in [0.2, 0.25) is 5.31 Å². The summed E-state index contributed by atoms with van der Waals surface area (Å²) in [5.41, 5.74) is 6.40. The van der Waals surface area contributed by atoms with Crippen molar-refractivity contribution in [3.8, 4) is 0 Å². The summed E-state index contributed by atoms with van der Waals surface area (Å²) in [6.45, 7) is 17.4. The molecule has 0 atom stereocenters. The summed E-state index contributed by atoms with van der Waals surface area (Å²) in [4.78, 5) is 27.1. The number of benzene rings is 2. The number of amides is 2. The smallest absolute Gasteiger partial charge is 0.331 e. The zero-order valence-electron chi connectivity index (χ0n) is 23.8. The van der Waals surface area contributed by atoms with Crippen molar-refractivity contribution in [3.63, 3.8) is 0 Å². The van der Waals surface area contributed by atoms with Crippen molar-refractivity contribution in [3.05, 3.63) is 64.2 Å². The second-order valence-corrected chi connectivity index (χ2v) is 12.2. The zero-order chi connectivity index (χ0) is 28.2. The molecule has 197 valence electrons. The molecule has 0 saturated heterocycles. The Labute approximate surface area is 233 Å². The van der Waals surface area contributed by atoms with E-state index in [2.05, 4.69) is 28.3 Å². The molecule has 0 saturated carbocycles. The SMILES string of the molecule is [B]C(C)(C)C(C)(C)O[B]c1cc(C(=O)N(NC(=O)c2cccc(CCC)c2C)C(C)(C)C)ccc1CBr. The van der Waals surface area contributed by atoms with Crippen LogP contribution in [0.4, 0.5) is 0 Å². The van der Waals surface area contributed by atoms with E-state index < -0.39 is 16.5 Å². The molecule has 0 fully saturated rings. The highest BCUT2D eigenvalue weighted by Crippen LogP contribution is 2.36. The number of nitrogens with zero attached hydrogens (tertiary/aromatic N) is 1. The third kappa shape index (κ3) is 7.73. The van der Waals surface area contributed by atoms with Gasteiger partial charge in [0, 0.05) is 22.1 Å². The van der Waals surface area contributed by atoms with Crippen LogP contribution < -0.4 is 10.9 Å². The van der Waals surface area contributed by atoms with Crippen molar-refractivity contribution in [1.82, 2.24) is 10.4 Å². The lowest BCUT2D eigenvalue weighted by Crippen LogP contribution is -2.56. The van der Waals surface area contributed by atoms with Crippen LogP contribution in [0.3, 0.4) is 0 Å². The van der Waals surface area contributed by atoms with Gasteiger partial charge in [-0.15, -0.1) is 0 Å². The molecule has 8 heteroatoms. The van der Waals surface area contributed by atoms with Crippen LogP contribution in [0, 0.1) is 6.92 Å². The summed E-state index contributed by atoms with van der Waals surface area (Å²) < 4.78 is 6.09. The number of nitrogens with one attached hydrogen (secondary N) is 1. The highest BCUT2D eigenvalue weighted by atomic mass is 79.9. The number of carbonyl (C=O) groups excluding carboxylic acids is 2. The predicted octanol–water partition coefficient (Wildman–Crippen LogP) is 5.83. The highest BCUT2D eigenvalue weighted by Gasteiger charge is 2.34. The molecule has 1 N–H and O–H groups in total. The van der Waals surface area contributed by atoms with Gasteiger partial charge in [0.05, 0.1) is 13.4 Å². The molecule has 0 spiro atoms. The molecular weight excluding hydrogens is 526 g/mol. The number of hydrogen-bond donors (Lipinski definition) is 1. The largest absolute Gasteiger partial charge is 0.430 e. The number of aryl methyl sites for hydroxylation is 1. The van der Waals surface area contributed by atoms with Crippen LogP contribution in [0.15, 0.2) is 36.4 Å². The number of rotatable bonds is 9. The molecule has 0 aliphatic heterocycles. The van der Waals surface area contributed by atoms with Crippen molar-refractivity contribution in [1.29, 1.82) is 0 Å². The Morgan fingerprint density at radius 2 is 1.70 bits per heavy atom. The summed E-state index contributed by atoms with van der Waals surface area (Å²) in [7, 11) is 7.95. The molecule has 5 nitrogen and oxygen atoms in total. The normalized spacial score (nSPS) is 12.3. The molecule has 0 heterocycles. The van der Waals surface area contributed by atoms with Gasteiger partial charge in [-0.05, 0) is 87.6 Å². The van der Waals surface area contributed by atoms with Gasteiger partial charge in [-0.3, -0.25) is 15.0 Å². The van der Waals surface area contributed by atoms with Crippen molar-refractivity contribution >= 4 is 48.5 Å². The third-order valence-corrected chi connectivity index (χ3v) is 7.47. The molecule has 0 aliphatic rings. The first-order valence-electron chi connectivity index (χ1n) is 12.8. The lowest BCUT2D eigenvalue weighted by atomic mass is 9.61. The maximum absolute atomic E-state index is 13.7. The number of halogens is 1. The topological polar surface area (TPSA) is 58.6 Å². The van der Waals surface area contributed by atoms with Crippen molar-refractivity contribution < 1.29 is 14.2 Å². The molecule has 3 radical (unpaired) electrons. The van der Waals surface area contributed by atoms with E-state index in [-0.39, 0.29) is 11.8 Å². The van der Waals surface area contributed by atoms with Gasteiger partial charge < -0.3 is 4.65 Å². The van der Waals surface area contributed by atoms with E-state index in [4.69, 9.17) is 12.5 Å². The van der Waals surface area contributed by atoms with Gasteiger partial charge in [-0.25, -0.2) is 5.01 Å². The van der Waals surface area contributed by atoms with Gasteiger partial charge in [0.25, 0.3) is 11.8 Å². The van der Waals surface area contributed by atoms with Gasteiger partial charge in [0.15, 0.2) is 0 Å². The van der Waals surface area contributed by atoms with Gasteiger partial charge >= 0.3 is 7.48 Å². The number of hydrazine groups is 1. The zero-order valence-corrected chi connectivity index (χ0v) is 25.4. The molecule has 2 amide bonds. The monoisotopic (exact) mass is 565 g/mol. The first-order valence-corrected chi connectivity index (χ1v) is 13.9. The minimum absolute atomic E-state index is 0.308. The van der Waals surface area contributed by atoms with Crippen molar-refractivity contribution in [2.45, 2.75) is 96.9 Å². The standard InChI is InChI=1S/C29H40B2BrN2O3/c1-10-12-20-13-11-14-23(19(20)2)25(35)33-34(27(3,4)5)26(36)21-15-16-22(18-32)24(17-21)31-37-29(8,9)28(6,7)30/h11,13-17H,10,12,18H2,1-9H3,(H,33,35). The average molecular weight is 566 g/mol. The minimum atomic E-state index is -0.665. The van der Waals surface area contributed by atoms with Gasteiger partial charge in [0.2, 0.25) is 0 Å². The third-order valence-electron chi connectivity index (χ3n) is 6.87. The Balaban J connectivity index is 2.38. The van der Waals surface area contributed by atoms with Crippen LogP contribution in [-0.2, 0) is 16.4 Å². The summed E-state index contributed by atoms with van der Waals surface area (Å²) in [6, 6.07) is 11.2. The van der Waals surface area contributed by atoms with E-state index in [1.807, 2.05) is 73.6 Å². The summed E-state index contributed by atoms with van der Waals surface area (Å²) in [6.07, 6.45) is 1.89. The van der Waals surface area contributed by atoms with E-state index in [9.17, 15) is 9.59 Å². The van der Waals surface area contributed by atoms with E-state index in [1.165, 1.54) is 5.01 Å². The summed E-state index contributed by atoms with van der Waals surface area (Å²) >= 11 is 3.52. The average Bonchev–Trinajstić information content (AvgIpc) is 2.80. The number of hydrogen-bond acceptors (Lipinski definition) is 3. The van der Waals surface area contributed by atoms with E-state index in [0.717, 1.165) is 35.0 Å². The lowest BCUT2D eigenvalue weighted by molar-refractivity contribution is 0.0358. The Morgan fingerprint density at radius 3 is 2.24 bits per heavy atom. The van der Waals surface area contributed by atoms with E-state index in [1.54, 1.807) is 25.7 Å².